The molecule has 0 bridgehead atoms. The molecule has 1 aliphatic rings. The van der Waals surface area contributed by atoms with Gasteiger partial charge in [-0.3, -0.25) is 9.69 Å². The third-order valence-electron chi connectivity index (χ3n) is 2.68. The number of carbonyl (C=O) groups excluding carboxylic acids is 1. The summed E-state index contributed by atoms with van der Waals surface area (Å²) in [5.41, 5.74) is 0.224. The topological polar surface area (TPSA) is 57.6 Å². The van der Waals surface area contributed by atoms with E-state index < -0.39 is 17.8 Å². The van der Waals surface area contributed by atoms with Gasteiger partial charge >= 0.3 is 5.97 Å². The number of nitrogens with zero attached hydrogens (tertiary/aromatic N) is 1. The van der Waals surface area contributed by atoms with Crippen LogP contribution >= 0.6 is 11.6 Å². The van der Waals surface area contributed by atoms with Crippen LogP contribution in [0.2, 0.25) is 5.02 Å². The van der Waals surface area contributed by atoms with Gasteiger partial charge in [-0.25, -0.2) is 9.18 Å². The molecule has 0 spiro atoms. The standard InChI is InChI=1S/C11H9ClFNO3/c12-7-2-1-6(5-8(7)13)14-9(11(16)17)3-4-10(14)15/h1-2,5,9H,3-4H2,(H,16,17). The van der Waals surface area contributed by atoms with Gasteiger partial charge in [-0.2, -0.15) is 0 Å². The van der Waals surface area contributed by atoms with Gasteiger partial charge in [-0.15, -0.1) is 0 Å². The van der Waals surface area contributed by atoms with E-state index in [4.69, 9.17) is 16.7 Å². The Morgan fingerprint density at radius 3 is 2.82 bits per heavy atom. The number of anilines is 1. The number of aliphatic carboxylic acids is 1. The van der Waals surface area contributed by atoms with Crippen LogP contribution in [0.15, 0.2) is 18.2 Å². The molecule has 1 fully saturated rings. The number of hydrogen-bond acceptors (Lipinski definition) is 2. The first kappa shape index (κ1) is 11.9. The molecule has 2 rings (SSSR count). The first-order valence-corrected chi connectivity index (χ1v) is 5.38. The molecule has 0 radical (unpaired) electrons. The summed E-state index contributed by atoms with van der Waals surface area (Å²) in [4.78, 5) is 23.7. The Labute approximate surface area is 102 Å². The van der Waals surface area contributed by atoms with Crippen LogP contribution in [0, 0.1) is 5.82 Å². The van der Waals surface area contributed by atoms with E-state index in [0.29, 0.717) is 0 Å². The van der Waals surface area contributed by atoms with Crippen molar-refractivity contribution in [3.8, 4) is 0 Å². The maximum Gasteiger partial charge on any atom is 0.326 e. The van der Waals surface area contributed by atoms with Gasteiger partial charge < -0.3 is 5.11 Å². The van der Waals surface area contributed by atoms with Gasteiger partial charge in [0.1, 0.15) is 11.9 Å². The van der Waals surface area contributed by atoms with Gasteiger partial charge in [0.25, 0.3) is 0 Å². The molecule has 17 heavy (non-hydrogen) atoms. The van der Waals surface area contributed by atoms with E-state index >= 15 is 0 Å². The van der Waals surface area contributed by atoms with Crippen molar-refractivity contribution in [3.63, 3.8) is 0 Å². The lowest BCUT2D eigenvalue weighted by Gasteiger charge is -2.21. The molecule has 1 aliphatic heterocycles. The van der Waals surface area contributed by atoms with E-state index in [1.54, 1.807) is 0 Å². The summed E-state index contributed by atoms with van der Waals surface area (Å²) >= 11 is 5.53. The Morgan fingerprint density at radius 2 is 2.24 bits per heavy atom. The lowest BCUT2D eigenvalue weighted by Crippen LogP contribution is -2.38. The first-order valence-electron chi connectivity index (χ1n) is 5.00. The van der Waals surface area contributed by atoms with E-state index in [1.165, 1.54) is 12.1 Å². The third-order valence-corrected chi connectivity index (χ3v) is 2.98. The molecule has 1 unspecified atom stereocenters. The van der Waals surface area contributed by atoms with Crippen LogP contribution in [0.4, 0.5) is 10.1 Å². The molecule has 1 heterocycles. The normalized spacial score (nSPS) is 19.8. The van der Waals surface area contributed by atoms with Crippen LogP contribution in [-0.4, -0.2) is 23.0 Å². The Balaban J connectivity index is 2.39. The fourth-order valence-corrected chi connectivity index (χ4v) is 1.99. The second-order valence-corrected chi connectivity index (χ2v) is 4.16. The van der Waals surface area contributed by atoms with Crippen molar-refractivity contribution in [2.24, 2.45) is 0 Å². The van der Waals surface area contributed by atoms with Crippen molar-refractivity contribution in [3.05, 3.63) is 29.0 Å². The Hall–Kier alpha value is -1.62. The van der Waals surface area contributed by atoms with Crippen molar-refractivity contribution in [1.82, 2.24) is 0 Å². The van der Waals surface area contributed by atoms with Crippen molar-refractivity contribution in [2.45, 2.75) is 18.9 Å². The van der Waals surface area contributed by atoms with Crippen LogP contribution in [0.1, 0.15) is 12.8 Å². The first-order chi connectivity index (χ1) is 8.00. The van der Waals surface area contributed by atoms with Gasteiger partial charge in [0.15, 0.2) is 0 Å². The van der Waals surface area contributed by atoms with E-state index in [0.717, 1.165) is 11.0 Å². The van der Waals surface area contributed by atoms with Gasteiger partial charge in [0, 0.05) is 12.1 Å². The number of carboxylic acid groups (broad SMARTS) is 1. The second kappa shape index (κ2) is 4.33. The molecule has 4 nitrogen and oxygen atoms in total. The van der Waals surface area contributed by atoms with E-state index in [2.05, 4.69) is 0 Å². The number of rotatable bonds is 2. The van der Waals surface area contributed by atoms with Crippen LogP contribution < -0.4 is 4.90 Å². The largest absolute Gasteiger partial charge is 0.480 e. The maximum atomic E-state index is 13.3. The molecule has 0 aromatic heterocycles. The highest BCUT2D eigenvalue weighted by Gasteiger charge is 2.37. The number of carboxylic acids is 1. The Bertz CT molecular complexity index is 492. The van der Waals surface area contributed by atoms with Crippen LogP contribution in [0.5, 0.6) is 0 Å². The predicted molar refractivity (Wildman–Crippen MR) is 59.6 cm³/mol. The molecule has 1 amide bonds. The Morgan fingerprint density at radius 1 is 1.53 bits per heavy atom. The van der Waals surface area contributed by atoms with Gasteiger partial charge in [-0.1, -0.05) is 11.6 Å². The van der Waals surface area contributed by atoms with Gasteiger partial charge in [0.05, 0.1) is 5.02 Å². The van der Waals surface area contributed by atoms with Crippen molar-refractivity contribution >= 4 is 29.2 Å². The SMILES string of the molecule is O=C(O)C1CCC(=O)N1c1ccc(Cl)c(F)c1. The minimum Gasteiger partial charge on any atom is -0.480 e. The predicted octanol–water partition coefficient (Wildman–Crippen LogP) is 2.06. The molecule has 1 aromatic carbocycles. The molecule has 1 N–H and O–H groups in total. The number of halogens is 2. The molecular formula is C11H9ClFNO3. The summed E-state index contributed by atoms with van der Waals surface area (Å²) in [7, 11) is 0. The van der Waals surface area contributed by atoms with Crippen molar-refractivity contribution in [2.75, 3.05) is 4.90 Å². The minimum absolute atomic E-state index is 0.0627. The molecule has 0 aliphatic carbocycles. The monoisotopic (exact) mass is 257 g/mol. The quantitative estimate of drug-likeness (QED) is 0.882. The molecule has 0 saturated carbocycles. The highest BCUT2D eigenvalue weighted by Crippen LogP contribution is 2.29. The van der Waals surface area contributed by atoms with Crippen LogP contribution in [0.3, 0.4) is 0 Å². The third kappa shape index (κ3) is 2.10. The van der Waals surface area contributed by atoms with Gasteiger partial charge in [0.2, 0.25) is 5.91 Å². The van der Waals surface area contributed by atoms with Gasteiger partial charge in [-0.05, 0) is 24.6 Å². The minimum atomic E-state index is -1.09. The Kier molecular flexibility index (Phi) is 3.02. The summed E-state index contributed by atoms with van der Waals surface area (Å²) in [6.45, 7) is 0. The molecular weight excluding hydrogens is 249 g/mol. The molecule has 1 saturated heterocycles. The zero-order valence-electron chi connectivity index (χ0n) is 8.69. The van der Waals surface area contributed by atoms with Crippen LogP contribution in [-0.2, 0) is 9.59 Å². The summed E-state index contributed by atoms with van der Waals surface area (Å²) in [5, 5.41) is 8.91. The molecule has 1 atom stereocenters. The van der Waals surface area contributed by atoms with E-state index in [1.807, 2.05) is 0 Å². The van der Waals surface area contributed by atoms with Crippen molar-refractivity contribution in [1.29, 1.82) is 0 Å². The van der Waals surface area contributed by atoms with Crippen LogP contribution in [0.25, 0.3) is 0 Å². The molecule has 90 valence electrons. The smallest absolute Gasteiger partial charge is 0.326 e. The fourth-order valence-electron chi connectivity index (χ4n) is 1.88. The highest BCUT2D eigenvalue weighted by molar-refractivity contribution is 6.30. The lowest BCUT2D eigenvalue weighted by atomic mass is 10.2. The average Bonchev–Trinajstić information content (AvgIpc) is 2.64. The summed E-state index contributed by atoms with van der Waals surface area (Å²) in [5.74, 6) is -2.08. The average molecular weight is 258 g/mol. The van der Waals surface area contributed by atoms with E-state index in [9.17, 15) is 14.0 Å². The molecule has 6 heteroatoms. The number of hydrogen-bond donors (Lipinski definition) is 1. The number of benzene rings is 1. The maximum absolute atomic E-state index is 13.3. The highest BCUT2D eigenvalue weighted by atomic mass is 35.5. The van der Waals surface area contributed by atoms with Crippen molar-refractivity contribution < 1.29 is 19.1 Å². The zero-order valence-corrected chi connectivity index (χ0v) is 9.45. The lowest BCUT2D eigenvalue weighted by molar-refractivity contribution is -0.138. The summed E-state index contributed by atoms with van der Waals surface area (Å²) in [6.07, 6.45) is 0.389. The molecule has 1 aromatic rings. The van der Waals surface area contributed by atoms with E-state index in [-0.39, 0.29) is 29.5 Å². The summed E-state index contributed by atoms with van der Waals surface area (Å²) in [6, 6.07) is 2.88. The number of amides is 1. The second-order valence-electron chi connectivity index (χ2n) is 3.75. The summed E-state index contributed by atoms with van der Waals surface area (Å²) < 4.78 is 13.3. The fraction of sp³-hybridized carbons (Fsp3) is 0.273. The zero-order chi connectivity index (χ0) is 12.6. The number of carbonyl (C=O) groups is 2.